The number of alkyl halides is 3. The van der Waals surface area contributed by atoms with E-state index in [-0.39, 0.29) is 22.4 Å². The summed E-state index contributed by atoms with van der Waals surface area (Å²) in [6.45, 7) is 1.80. The van der Waals surface area contributed by atoms with E-state index in [1.54, 1.807) is 31.2 Å². The Morgan fingerprint density at radius 1 is 0.964 bits per heavy atom. The van der Waals surface area contributed by atoms with E-state index in [0.29, 0.717) is 23.6 Å². The van der Waals surface area contributed by atoms with Crippen molar-refractivity contribution < 1.29 is 26.7 Å². The van der Waals surface area contributed by atoms with Crippen molar-refractivity contribution in [1.82, 2.24) is 9.97 Å². The van der Waals surface area contributed by atoms with Crippen molar-refractivity contribution in [3.05, 3.63) is 77.0 Å². The maximum Gasteiger partial charge on any atom is 0.433 e. The molecule has 0 N–H and O–H groups in total. The lowest BCUT2D eigenvalue weighted by molar-refractivity contribution is -0.141. The fourth-order valence-electron chi connectivity index (χ4n) is 2.27. The molecule has 0 aliphatic heterocycles. The summed E-state index contributed by atoms with van der Waals surface area (Å²) >= 11 is 0.678. The second kappa shape index (κ2) is 8.14. The molecule has 0 fully saturated rings. The van der Waals surface area contributed by atoms with Gasteiger partial charge in [-0.3, -0.25) is 0 Å². The Morgan fingerprint density at radius 2 is 1.64 bits per heavy atom. The van der Waals surface area contributed by atoms with Crippen molar-refractivity contribution in [3.8, 4) is 11.6 Å². The van der Waals surface area contributed by atoms with Gasteiger partial charge in [0.25, 0.3) is 0 Å². The van der Waals surface area contributed by atoms with Crippen molar-refractivity contribution in [2.45, 2.75) is 24.0 Å². The molecule has 0 saturated heterocycles. The van der Waals surface area contributed by atoms with E-state index in [1.807, 2.05) is 0 Å². The molecule has 3 rings (SSSR count). The van der Waals surface area contributed by atoms with Gasteiger partial charge >= 0.3 is 6.18 Å². The van der Waals surface area contributed by atoms with Crippen molar-refractivity contribution in [1.29, 1.82) is 0 Å². The van der Waals surface area contributed by atoms with Gasteiger partial charge in [-0.1, -0.05) is 30.0 Å². The average molecular weight is 412 g/mol. The van der Waals surface area contributed by atoms with Gasteiger partial charge in [0.15, 0.2) is 10.9 Å². The lowest BCUT2D eigenvalue weighted by atomic mass is 10.2. The summed E-state index contributed by atoms with van der Waals surface area (Å²) in [5.74, 6) is -1.87. The number of ether oxygens (including phenoxy) is 1. The molecule has 1 heterocycles. The normalized spacial score (nSPS) is 11.5. The number of nitrogens with zero attached hydrogens (tertiary/aromatic N) is 2. The standard InChI is InChI=1S/C19H13F5N2OS/c1-11-4-2-5-12(8-11)27-17-9-16(19(22,23)24)25-18(26-17)28-10-13-14(20)6-3-7-15(13)21/h2-9H,10H2,1H3. The Hall–Kier alpha value is -2.68. The quantitative estimate of drug-likeness (QED) is 0.285. The van der Waals surface area contributed by atoms with Crippen LogP contribution in [0.5, 0.6) is 11.6 Å². The minimum absolute atomic E-state index is 0.269. The third kappa shape index (κ3) is 4.98. The van der Waals surface area contributed by atoms with Gasteiger partial charge in [-0.2, -0.15) is 18.2 Å². The van der Waals surface area contributed by atoms with Crippen molar-refractivity contribution in [3.63, 3.8) is 0 Å². The van der Waals surface area contributed by atoms with Crippen LogP contribution in [0.2, 0.25) is 0 Å². The van der Waals surface area contributed by atoms with E-state index in [9.17, 15) is 22.0 Å². The van der Waals surface area contributed by atoms with Crippen LogP contribution in [-0.2, 0) is 11.9 Å². The van der Waals surface area contributed by atoms with Gasteiger partial charge in [0.2, 0.25) is 5.88 Å². The summed E-state index contributed by atoms with van der Waals surface area (Å²) in [6.07, 6.45) is -4.73. The number of hydrogen-bond donors (Lipinski definition) is 0. The first-order valence-electron chi connectivity index (χ1n) is 7.99. The van der Waals surface area contributed by atoms with Crippen molar-refractivity contribution in [2.24, 2.45) is 0 Å². The molecule has 9 heteroatoms. The van der Waals surface area contributed by atoms with E-state index in [1.165, 1.54) is 6.07 Å². The van der Waals surface area contributed by atoms with Crippen LogP contribution in [0, 0.1) is 18.6 Å². The number of hydrogen-bond acceptors (Lipinski definition) is 4. The number of aryl methyl sites for hydroxylation is 1. The van der Waals surface area contributed by atoms with Crippen LogP contribution in [-0.4, -0.2) is 9.97 Å². The molecule has 0 spiro atoms. The first-order chi connectivity index (χ1) is 13.2. The van der Waals surface area contributed by atoms with Gasteiger partial charge < -0.3 is 4.74 Å². The first kappa shape index (κ1) is 20.1. The van der Waals surface area contributed by atoms with E-state index in [2.05, 4.69) is 9.97 Å². The Bertz CT molecular complexity index is 974. The predicted octanol–water partition coefficient (Wildman–Crippen LogP) is 6.17. The third-order valence-electron chi connectivity index (χ3n) is 3.59. The molecule has 0 amide bonds. The van der Waals surface area contributed by atoms with Crippen LogP contribution in [0.3, 0.4) is 0 Å². The number of benzene rings is 2. The van der Waals surface area contributed by atoms with Crippen molar-refractivity contribution >= 4 is 11.8 Å². The largest absolute Gasteiger partial charge is 0.439 e. The van der Waals surface area contributed by atoms with Gasteiger partial charge in [0, 0.05) is 17.4 Å². The molecule has 0 aliphatic rings. The molecule has 0 bridgehead atoms. The molecule has 3 nitrogen and oxygen atoms in total. The molecular weight excluding hydrogens is 399 g/mol. The SMILES string of the molecule is Cc1cccc(Oc2cc(C(F)(F)F)nc(SCc3c(F)cccc3F)n2)c1. The number of aromatic nitrogens is 2. The molecule has 146 valence electrons. The molecule has 0 saturated carbocycles. The van der Waals surface area contributed by atoms with Crippen LogP contribution >= 0.6 is 11.8 Å². The number of rotatable bonds is 5. The molecule has 0 atom stereocenters. The monoisotopic (exact) mass is 412 g/mol. The zero-order valence-electron chi connectivity index (χ0n) is 14.4. The second-order valence-corrected chi connectivity index (χ2v) is 6.72. The van der Waals surface area contributed by atoms with Crippen LogP contribution < -0.4 is 4.74 Å². The zero-order chi connectivity index (χ0) is 20.3. The van der Waals surface area contributed by atoms with Gasteiger partial charge in [-0.25, -0.2) is 13.8 Å². The molecule has 0 unspecified atom stereocenters. The summed E-state index contributed by atoms with van der Waals surface area (Å²) < 4.78 is 72.4. The smallest absolute Gasteiger partial charge is 0.433 e. The van der Waals surface area contributed by atoms with Gasteiger partial charge in [0.1, 0.15) is 17.4 Å². The topological polar surface area (TPSA) is 35.0 Å². The lowest BCUT2D eigenvalue weighted by Gasteiger charge is -2.11. The second-order valence-electron chi connectivity index (χ2n) is 5.78. The van der Waals surface area contributed by atoms with Crippen LogP contribution in [0.15, 0.2) is 53.7 Å². The van der Waals surface area contributed by atoms with E-state index in [0.717, 1.165) is 17.7 Å². The molecule has 28 heavy (non-hydrogen) atoms. The number of thioether (sulfide) groups is 1. The third-order valence-corrected chi connectivity index (χ3v) is 4.47. The maximum atomic E-state index is 13.7. The highest BCUT2D eigenvalue weighted by Crippen LogP contribution is 2.33. The molecular formula is C19H13F5N2OS. The van der Waals surface area contributed by atoms with Gasteiger partial charge in [-0.15, -0.1) is 0 Å². The first-order valence-corrected chi connectivity index (χ1v) is 8.97. The summed E-state index contributed by atoms with van der Waals surface area (Å²) in [4.78, 5) is 7.37. The van der Waals surface area contributed by atoms with Gasteiger partial charge in [-0.05, 0) is 36.8 Å². The van der Waals surface area contributed by atoms with Crippen LogP contribution in [0.25, 0.3) is 0 Å². The Balaban J connectivity index is 1.89. The fourth-order valence-corrected chi connectivity index (χ4v) is 3.14. The zero-order valence-corrected chi connectivity index (χ0v) is 15.2. The summed E-state index contributed by atoms with van der Waals surface area (Å²) in [6, 6.07) is 10.7. The predicted molar refractivity (Wildman–Crippen MR) is 94.2 cm³/mol. The molecule has 2 aromatic carbocycles. The van der Waals surface area contributed by atoms with Gasteiger partial charge in [0.05, 0.1) is 0 Å². The summed E-state index contributed by atoms with van der Waals surface area (Å²) in [7, 11) is 0. The highest BCUT2D eigenvalue weighted by Gasteiger charge is 2.34. The summed E-state index contributed by atoms with van der Waals surface area (Å²) in [5, 5.41) is -0.305. The summed E-state index contributed by atoms with van der Waals surface area (Å²) in [5.41, 5.74) is -0.622. The number of halogens is 5. The molecule has 0 radical (unpaired) electrons. The average Bonchev–Trinajstić information content (AvgIpc) is 2.60. The minimum atomic E-state index is -4.73. The highest BCUT2D eigenvalue weighted by atomic mass is 32.2. The van der Waals surface area contributed by atoms with Crippen molar-refractivity contribution in [2.75, 3.05) is 0 Å². The minimum Gasteiger partial charge on any atom is -0.439 e. The molecule has 3 aromatic rings. The Kier molecular flexibility index (Phi) is 5.83. The Labute approximate surface area is 161 Å². The lowest BCUT2D eigenvalue weighted by Crippen LogP contribution is -2.10. The Morgan fingerprint density at radius 3 is 2.29 bits per heavy atom. The van der Waals surface area contributed by atoms with E-state index >= 15 is 0 Å². The fraction of sp³-hybridized carbons (Fsp3) is 0.158. The highest BCUT2D eigenvalue weighted by molar-refractivity contribution is 7.98. The van der Waals surface area contributed by atoms with Crippen LogP contribution in [0.1, 0.15) is 16.8 Å². The van der Waals surface area contributed by atoms with Crippen LogP contribution in [0.4, 0.5) is 22.0 Å². The van der Waals surface area contributed by atoms with E-state index < -0.39 is 23.5 Å². The maximum absolute atomic E-state index is 13.7. The molecule has 0 aliphatic carbocycles. The molecule has 1 aromatic heterocycles. The van der Waals surface area contributed by atoms with E-state index in [4.69, 9.17) is 4.74 Å².